The average molecular weight is 227 g/mol. The van der Waals surface area contributed by atoms with E-state index >= 15 is 0 Å². The summed E-state index contributed by atoms with van der Waals surface area (Å²) >= 11 is 0. The number of hydrogen-bond donors (Lipinski definition) is 1. The lowest BCUT2D eigenvalue weighted by molar-refractivity contribution is 0.623. The maximum atomic E-state index is 13.4. The molecule has 1 aliphatic heterocycles. The number of halogens is 1. The molecule has 0 radical (unpaired) electrons. The van der Waals surface area contributed by atoms with E-state index in [4.69, 9.17) is 0 Å². The van der Waals surface area contributed by atoms with E-state index in [1.165, 1.54) is 6.07 Å². The molecule has 2 aromatic carbocycles. The van der Waals surface area contributed by atoms with Crippen LogP contribution in [0.3, 0.4) is 0 Å². The molecule has 1 N–H and O–H groups in total. The van der Waals surface area contributed by atoms with Crippen molar-refractivity contribution in [2.45, 2.75) is 12.8 Å². The van der Waals surface area contributed by atoms with Gasteiger partial charge in [-0.1, -0.05) is 31.2 Å². The first-order valence-electron chi connectivity index (χ1n) is 5.88. The minimum Gasteiger partial charge on any atom is -0.384 e. The van der Waals surface area contributed by atoms with Crippen molar-refractivity contribution in [1.82, 2.24) is 0 Å². The highest BCUT2D eigenvalue weighted by atomic mass is 19.1. The Morgan fingerprint density at radius 1 is 1.12 bits per heavy atom. The number of para-hydroxylation sites is 1. The van der Waals surface area contributed by atoms with Crippen LogP contribution in [0.15, 0.2) is 42.5 Å². The fraction of sp³-hybridized carbons (Fsp3) is 0.200. The van der Waals surface area contributed by atoms with Crippen molar-refractivity contribution in [1.29, 1.82) is 0 Å². The third kappa shape index (κ3) is 1.70. The molecule has 0 aromatic heterocycles. The second-order valence-electron chi connectivity index (χ2n) is 4.56. The first kappa shape index (κ1) is 10.3. The van der Waals surface area contributed by atoms with Crippen LogP contribution in [0.5, 0.6) is 0 Å². The summed E-state index contributed by atoms with van der Waals surface area (Å²) in [5.74, 6) is 0.156. The lowest BCUT2D eigenvalue weighted by Gasteiger charge is -2.12. The monoisotopic (exact) mass is 227 g/mol. The van der Waals surface area contributed by atoms with Crippen LogP contribution < -0.4 is 5.32 Å². The van der Waals surface area contributed by atoms with Gasteiger partial charge in [0.15, 0.2) is 0 Å². The van der Waals surface area contributed by atoms with Gasteiger partial charge in [-0.2, -0.15) is 0 Å². The molecule has 0 amide bonds. The molecule has 1 unspecified atom stereocenters. The van der Waals surface area contributed by atoms with E-state index in [0.29, 0.717) is 5.92 Å². The topological polar surface area (TPSA) is 12.0 Å². The van der Waals surface area contributed by atoms with Crippen molar-refractivity contribution in [3.8, 4) is 11.1 Å². The van der Waals surface area contributed by atoms with Crippen LogP contribution in [-0.2, 0) is 0 Å². The molecule has 0 saturated carbocycles. The Balaban J connectivity index is 2.28. The fourth-order valence-corrected chi connectivity index (χ4v) is 2.43. The molecule has 86 valence electrons. The molecule has 0 aliphatic carbocycles. The number of benzene rings is 2. The molecule has 3 rings (SSSR count). The van der Waals surface area contributed by atoms with Crippen molar-refractivity contribution < 1.29 is 4.39 Å². The van der Waals surface area contributed by atoms with E-state index in [1.807, 2.05) is 18.2 Å². The lowest BCUT2D eigenvalue weighted by Crippen LogP contribution is -2.07. The highest BCUT2D eigenvalue weighted by molar-refractivity contribution is 5.81. The van der Waals surface area contributed by atoms with Gasteiger partial charge in [0.1, 0.15) is 5.82 Å². The SMILES string of the molecule is CC1CNc2ccccc2-c2ccc(F)cc21. The van der Waals surface area contributed by atoms with Crippen LogP contribution in [0.25, 0.3) is 11.1 Å². The Morgan fingerprint density at radius 3 is 2.82 bits per heavy atom. The molecular weight excluding hydrogens is 213 g/mol. The Hall–Kier alpha value is -1.83. The summed E-state index contributed by atoms with van der Waals surface area (Å²) in [4.78, 5) is 0. The van der Waals surface area contributed by atoms with Gasteiger partial charge in [-0.15, -0.1) is 0 Å². The standard InChI is InChI=1S/C15H14FN/c1-10-9-17-15-5-3-2-4-13(15)12-7-6-11(16)8-14(10)12/h2-8,10,17H,9H2,1H3. The Kier molecular flexibility index (Phi) is 2.36. The summed E-state index contributed by atoms with van der Waals surface area (Å²) in [5.41, 5.74) is 4.51. The van der Waals surface area contributed by atoms with Crippen molar-refractivity contribution in [2.75, 3.05) is 11.9 Å². The molecule has 2 aromatic rings. The van der Waals surface area contributed by atoms with Gasteiger partial charge in [0.2, 0.25) is 0 Å². The van der Waals surface area contributed by atoms with Gasteiger partial charge < -0.3 is 5.32 Å². The van der Waals surface area contributed by atoms with E-state index in [2.05, 4.69) is 24.4 Å². The zero-order valence-corrected chi connectivity index (χ0v) is 9.70. The average Bonchev–Trinajstić information content (AvgIpc) is 2.48. The van der Waals surface area contributed by atoms with Gasteiger partial charge in [0.25, 0.3) is 0 Å². The van der Waals surface area contributed by atoms with E-state index in [9.17, 15) is 4.39 Å². The molecule has 1 heterocycles. The Bertz CT molecular complexity index is 563. The van der Waals surface area contributed by atoms with E-state index in [1.54, 1.807) is 6.07 Å². The maximum absolute atomic E-state index is 13.4. The van der Waals surface area contributed by atoms with Crippen LogP contribution in [0.1, 0.15) is 18.4 Å². The predicted octanol–water partition coefficient (Wildman–Crippen LogP) is 4.02. The van der Waals surface area contributed by atoms with Gasteiger partial charge in [-0.25, -0.2) is 4.39 Å². The largest absolute Gasteiger partial charge is 0.384 e. The zero-order chi connectivity index (χ0) is 11.8. The summed E-state index contributed by atoms with van der Waals surface area (Å²) in [6, 6.07) is 13.3. The summed E-state index contributed by atoms with van der Waals surface area (Å²) in [5, 5.41) is 3.42. The van der Waals surface area contributed by atoms with Crippen molar-refractivity contribution in [3.05, 3.63) is 53.8 Å². The number of anilines is 1. The second-order valence-corrected chi connectivity index (χ2v) is 4.56. The quantitative estimate of drug-likeness (QED) is 0.716. The third-order valence-electron chi connectivity index (χ3n) is 3.36. The second kappa shape index (κ2) is 3.88. The van der Waals surface area contributed by atoms with E-state index in [-0.39, 0.29) is 5.82 Å². The number of rotatable bonds is 0. The molecule has 0 spiro atoms. The number of nitrogens with one attached hydrogen (secondary N) is 1. The molecule has 2 heteroatoms. The van der Waals surface area contributed by atoms with Crippen molar-refractivity contribution in [3.63, 3.8) is 0 Å². The molecule has 0 fully saturated rings. The molecule has 1 nitrogen and oxygen atoms in total. The van der Waals surface area contributed by atoms with Gasteiger partial charge in [0.05, 0.1) is 0 Å². The highest BCUT2D eigenvalue weighted by Crippen LogP contribution is 2.37. The van der Waals surface area contributed by atoms with Gasteiger partial charge in [-0.3, -0.25) is 0 Å². The number of hydrogen-bond acceptors (Lipinski definition) is 1. The smallest absolute Gasteiger partial charge is 0.123 e. The molecule has 1 aliphatic rings. The third-order valence-corrected chi connectivity index (χ3v) is 3.36. The molecule has 1 atom stereocenters. The summed E-state index contributed by atoms with van der Waals surface area (Å²) in [6.45, 7) is 2.96. The first-order valence-corrected chi connectivity index (χ1v) is 5.88. The van der Waals surface area contributed by atoms with Crippen LogP contribution >= 0.6 is 0 Å². The van der Waals surface area contributed by atoms with Crippen molar-refractivity contribution >= 4 is 5.69 Å². The van der Waals surface area contributed by atoms with Crippen molar-refractivity contribution in [2.24, 2.45) is 0 Å². The van der Waals surface area contributed by atoms with Gasteiger partial charge in [0, 0.05) is 17.8 Å². The van der Waals surface area contributed by atoms with Gasteiger partial charge in [-0.05, 0) is 35.2 Å². The minimum atomic E-state index is -0.157. The minimum absolute atomic E-state index is 0.157. The van der Waals surface area contributed by atoms with Crippen LogP contribution in [-0.4, -0.2) is 6.54 Å². The first-order chi connectivity index (χ1) is 8.25. The zero-order valence-electron chi connectivity index (χ0n) is 9.70. The number of fused-ring (bicyclic) bond motifs is 3. The molecular formula is C15H14FN. The Labute approximate surface area is 100 Å². The molecule has 0 saturated heterocycles. The van der Waals surface area contributed by atoms with E-state index in [0.717, 1.165) is 28.9 Å². The predicted molar refractivity (Wildman–Crippen MR) is 68.7 cm³/mol. The lowest BCUT2D eigenvalue weighted by atomic mass is 9.92. The van der Waals surface area contributed by atoms with Crippen LogP contribution in [0.4, 0.5) is 10.1 Å². The summed E-state index contributed by atoms with van der Waals surface area (Å²) in [7, 11) is 0. The normalized spacial score (nSPS) is 17.6. The molecule has 0 bridgehead atoms. The Morgan fingerprint density at radius 2 is 1.94 bits per heavy atom. The summed E-state index contributed by atoms with van der Waals surface area (Å²) in [6.07, 6.45) is 0. The van der Waals surface area contributed by atoms with E-state index < -0.39 is 0 Å². The molecule has 17 heavy (non-hydrogen) atoms. The summed E-state index contributed by atoms with van der Waals surface area (Å²) < 4.78 is 13.4. The van der Waals surface area contributed by atoms with Gasteiger partial charge >= 0.3 is 0 Å². The highest BCUT2D eigenvalue weighted by Gasteiger charge is 2.18. The van der Waals surface area contributed by atoms with Crippen LogP contribution in [0.2, 0.25) is 0 Å². The van der Waals surface area contributed by atoms with Crippen LogP contribution in [0, 0.1) is 5.82 Å². The fourth-order valence-electron chi connectivity index (χ4n) is 2.43. The maximum Gasteiger partial charge on any atom is 0.123 e.